The van der Waals surface area contributed by atoms with E-state index in [0.29, 0.717) is 31.0 Å². The van der Waals surface area contributed by atoms with Gasteiger partial charge in [-0.1, -0.05) is 30.3 Å². The summed E-state index contributed by atoms with van der Waals surface area (Å²) in [6, 6.07) is 11.0. The number of primary amides is 1. The Bertz CT molecular complexity index is 713. The zero-order chi connectivity index (χ0) is 17.5. The highest BCUT2D eigenvalue weighted by Gasteiger charge is 2.20. The molecule has 0 radical (unpaired) electrons. The van der Waals surface area contributed by atoms with Crippen molar-refractivity contribution in [2.24, 2.45) is 5.73 Å². The van der Waals surface area contributed by atoms with Gasteiger partial charge in [0.05, 0.1) is 11.8 Å². The Morgan fingerprint density at radius 1 is 1.17 bits per heavy atom. The Balaban J connectivity index is 2.31. The highest BCUT2D eigenvalue weighted by molar-refractivity contribution is 6.00. The third-order valence-corrected chi connectivity index (χ3v) is 3.64. The molecule has 1 aromatic heterocycles. The molecule has 0 fully saturated rings. The van der Waals surface area contributed by atoms with Crippen molar-refractivity contribution in [3.8, 4) is 5.75 Å². The molecule has 0 aliphatic carbocycles. The molecule has 126 valence electrons. The van der Waals surface area contributed by atoms with Gasteiger partial charge in [0.15, 0.2) is 5.75 Å². The zero-order valence-electron chi connectivity index (χ0n) is 13.9. The number of ether oxygens (including phenoxy) is 1. The van der Waals surface area contributed by atoms with E-state index in [9.17, 15) is 9.59 Å². The maximum Gasteiger partial charge on any atom is 0.267 e. The van der Waals surface area contributed by atoms with Crippen molar-refractivity contribution in [2.45, 2.75) is 20.5 Å². The molecule has 1 heterocycles. The molecule has 2 amide bonds. The topological polar surface area (TPSA) is 85.5 Å². The van der Waals surface area contributed by atoms with Gasteiger partial charge in [-0.25, -0.2) is 4.98 Å². The number of carbonyl (C=O) groups is 2. The van der Waals surface area contributed by atoms with Crippen molar-refractivity contribution in [1.82, 2.24) is 9.88 Å². The number of benzene rings is 1. The van der Waals surface area contributed by atoms with Gasteiger partial charge in [-0.3, -0.25) is 9.59 Å². The monoisotopic (exact) mass is 327 g/mol. The second kappa shape index (κ2) is 8.10. The van der Waals surface area contributed by atoms with E-state index in [4.69, 9.17) is 10.5 Å². The third kappa shape index (κ3) is 4.10. The number of carbonyl (C=O) groups excluding carboxylic acids is 2. The lowest BCUT2D eigenvalue weighted by molar-refractivity contribution is 0.0768. The molecule has 0 bridgehead atoms. The first-order chi connectivity index (χ1) is 11.6. The van der Waals surface area contributed by atoms with Crippen molar-refractivity contribution >= 4 is 11.8 Å². The van der Waals surface area contributed by atoms with E-state index >= 15 is 0 Å². The molecule has 0 saturated carbocycles. The molecular weight excluding hydrogens is 306 g/mol. The number of hydrogen-bond donors (Lipinski definition) is 1. The number of nitrogens with zero attached hydrogens (tertiary/aromatic N) is 2. The molecule has 0 aliphatic rings. The first kappa shape index (κ1) is 17.5. The number of amides is 2. The molecule has 2 aromatic rings. The van der Waals surface area contributed by atoms with E-state index in [1.165, 1.54) is 12.3 Å². The highest BCUT2D eigenvalue weighted by Crippen LogP contribution is 2.21. The average Bonchev–Trinajstić information content (AvgIpc) is 2.61. The van der Waals surface area contributed by atoms with Gasteiger partial charge >= 0.3 is 0 Å². The second-order valence-electron chi connectivity index (χ2n) is 5.18. The number of aromatic nitrogens is 1. The zero-order valence-corrected chi connectivity index (χ0v) is 13.9. The standard InChI is InChI=1S/C18H21N3O3/c1-3-21(4-2)18(23)14-10-15(17(19)22)20-11-16(14)24-12-13-8-6-5-7-9-13/h5-11H,3-4,12H2,1-2H3,(H2,19,22). The maximum atomic E-state index is 12.7. The van der Waals surface area contributed by atoms with Crippen LogP contribution in [0.1, 0.15) is 40.3 Å². The van der Waals surface area contributed by atoms with Gasteiger partial charge in [0.25, 0.3) is 11.8 Å². The molecule has 0 aliphatic heterocycles. The molecule has 1 aromatic carbocycles. The quantitative estimate of drug-likeness (QED) is 0.845. The van der Waals surface area contributed by atoms with Gasteiger partial charge in [0, 0.05) is 13.1 Å². The summed E-state index contributed by atoms with van der Waals surface area (Å²) in [7, 11) is 0. The fourth-order valence-corrected chi connectivity index (χ4v) is 2.28. The minimum Gasteiger partial charge on any atom is -0.486 e. The van der Waals surface area contributed by atoms with Crippen molar-refractivity contribution in [2.75, 3.05) is 13.1 Å². The molecule has 6 nitrogen and oxygen atoms in total. The Labute approximate surface area is 141 Å². The first-order valence-corrected chi connectivity index (χ1v) is 7.82. The summed E-state index contributed by atoms with van der Waals surface area (Å²) in [5.74, 6) is -0.563. The molecular formula is C18H21N3O3. The van der Waals surface area contributed by atoms with Crippen LogP contribution < -0.4 is 10.5 Å². The largest absolute Gasteiger partial charge is 0.486 e. The summed E-state index contributed by atoms with van der Waals surface area (Å²) >= 11 is 0. The van der Waals surface area contributed by atoms with Crippen LogP contribution in [0, 0.1) is 0 Å². The van der Waals surface area contributed by atoms with Gasteiger partial charge in [0.2, 0.25) is 0 Å². The summed E-state index contributed by atoms with van der Waals surface area (Å²) in [6.45, 7) is 5.20. The summed E-state index contributed by atoms with van der Waals surface area (Å²) in [6.07, 6.45) is 1.37. The summed E-state index contributed by atoms with van der Waals surface area (Å²) < 4.78 is 5.76. The minimum absolute atomic E-state index is 0.0394. The van der Waals surface area contributed by atoms with Crippen LogP contribution in [0.4, 0.5) is 0 Å². The fraction of sp³-hybridized carbons (Fsp3) is 0.278. The Hall–Kier alpha value is -2.89. The van der Waals surface area contributed by atoms with Crippen LogP contribution in [0.3, 0.4) is 0 Å². The van der Waals surface area contributed by atoms with Crippen molar-refractivity contribution < 1.29 is 14.3 Å². The van der Waals surface area contributed by atoms with Crippen LogP contribution in [0.25, 0.3) is 0 Å². The van der Waals surface area contributed by atoms with Gasteiger partial charge in [0.1, 0.15) is 12.3 Å². The van der Waals surface area contributed by atoms with Crippen molar-refractivity contribution in [3.63, 3.8) is 0 Å². The number of nitrogens with two attached hydrogens (primary N) is 1. The number of hydrogen-bond acceptors (Lipinski definition) is 4. The molecule has 2 rings (SSSR count). The summed E-state index contributed by atoms with van der Waals surface area (Å²) in [5, 5.41) is 0. The molecule has 0 spiro atoms. The van der Waals surface area contributed by atoms with E-state index in [1.807, 2.05) is 44.2 Å². The lowest BCUT2D eigenvalue weighted by atomic mass is 10.1. The molecule has 0 atom stereocenters. The Morgan fingerprint density at radius 3 is 2.42 bits per heavy atom. The fourth-order valence-electron chi connectivity index (χ4n) is 2.28. The molecule has 2 N–H and O–H groups in total. The first-order valence-electron chi connectivity index (χ1n) is 7.82. The van der Waals surface area contributed by atoms with E-state index < -0.39 is 5.91 Å². The van der Waals surface area contributed by atoms with Crippen LogP contribution in [-0.4, -0.2) is 34.8 Å². The predicted molar refractivity (Wildman–Crippen MR) is 90.8 cm³/mol. The maximum absolute atomic E-state index is 12.7. The van der Waals surface area contributed by atoms with E-state index in [1.54, 1.807) is 4.90 Å². The number of rotatable bonds is 7. The van der Waals surface area contributed by atoms with Crippen molar-refractivity contribution in [1.29, 1.82) is 0 Å². The average molecular weight is 327 g/mol. The van der Waals surface area contributed by atoms with E-state index in [2.05, 4.69) is 4.98 Å². The van der Waals surface area contributed by atoms with Gasteiger partial charge in [-0.2, -0.15) is 0 Å². The lowest BCUT2D eigenvalue weighted by Crippen LogP contribution is -2.31. The normalized spacial score (nSPS) is 10.2. The van der Waals surface area contributed by atoms with Gasteiger partial charge in [-0.05, 0) is 25.5 Å². The number of pyridine rings is 1. The summed E-state index contributed by atoms with van der Waals surface area (Å²) in [5.41, 5.74) is 6.57. The molecule has 24 heavy (non-hydrogen) atoms. The smallest absolute Gasteiger partial charge is 0.267 e. The van der Waals surface area contributed by atoms with Crippen LogP contribution >= 0.6 is 0 Å². The Kier molecular flexibility index (Phi) is 5.89. The molecule has 0 unspecified atom stereocenters. The molecule has 0 saturated heterocycles. The van der Waals surface area contributed by atoms with Crippen LogP contribution in [0.2, 0.25) is 0 Å². The lowest BCUT2D eigenvalue weighted by Gasteiger charge is -2.20. The minimum atomic E-state index is -0.682. The van der Waals surface area contributed by atoms with E-state index in [0.717, 1.165) is 5.56 Å². The predicted octanol–water partition coefficient (Wildman–Crippen LogP) is 2.24. The molecule has 6 heteroatoms. The van der Waals surface area contributed by atoms with Gasteiger partial charge in [-0.15, -0.1) is 0 Å². The van der Waals surface area contributed by atoms with Gasteiger partial charge < -0.3 is 15.4 Å². The van der Waals surface area contributed by atoms with Crippen LogP contribution in [0.15, 0.2) is 42.6 Å². The van der Waals surface area contributed by atoms with Crippen molar-refractivity contribution in [3.05, 3.63) is 59.4 Å². The van der Waals surface area contributed by atoms with Crippen LogP contribution in [-0.2, 0) is 6.61 Å². The van der Waals surface area contributed by atoms with Crippen LogP contribution in [0.5, 0.6) is 5.75 Å². The SMILES string of the molecule is CCN(CC)C(=O)c1cc(C(N)=O)ncc1OCc1ccccc1. The van der Waals surface area contributed by atoms with E-state index in [-0.39, 0.29) is 11.6 Å². The second-order valence-corrected chi connectivity index (χ2v) is 5.18. The highest BCUT2D eigenvalue weighted by atomic mass is 16.5. The summed E-state index contributed by atoms with van der Waals surface area (Å²) in [4.78, 5) is 29.7. The third-order valence-electron chi connectivity index (χ3n) is 3.64. The Morgan fingerprint density at radius 2 is 1.83 bits per heavy atom.